The van der Waals surface area contributed by atoms with E-state index in [2.05, 4.69) is 4.31 Å². The molecule has 0 aromatic carbocycles. The standard InChI is InChI=1S/C7H14N2S/c8-10-9-5-4-7(6-9)2-1-3-7/h1-6,8H2. The molecule has 2 N–H and O–H groups in total. The van der Waals surface area contributed by atoms with E-state index in [0.29, 0.717) is 5.41 Å². The summed E-state index contributed by atoms with van der Waals surface area (Å²) < 4.78 is 2.29. The lowest BCUT2D eigenvalue weighted by molar-refractivity contribution is 0.155. The van der Waals surface area contributed by atoms with Crippen LogP contribution in [0.15, 0.2) is 0 Å². The van der Waals surface area contributed by atoms with Crippen molar-refractivity contribution in [1.82, 2.24) is 4.31 Å². The first-order chi connectivity index (χ1) is 4.85. The normalized spacial score (nSPS) is 30.9. The molecule has 2 rings (SSSR count). The molecule has 0 bridgehead atoms. The van der Waals surface area contributed by atoms with Crippen molar-refractivity contribution in [1.29, 1.82) is 0 Å². The second-order valence-electron chi connectivity index (χ2n) is 3.57. The summed E-state index contributed by atoms with van der Waals surface area (Å²) in [7, 11) is 0. The molecule has 1 heterocycles. The summed E-state index contributed by atoms with van der Waals surface area (Å²) in [5.74, 6) is 0. The largest absolute Gasteiger partial charge is 0.264 e. The Bertz CT molecular complexity index is 134. The minimum atomic E-state index is 0.715. The summed E-state index contributed by atoms with van der Waals surface area (Å²) in [6.07, 6.45) is 5.73. The fourth-order valence-electron chi connectivity index (χ4n) is 2.07. The zero-order chi connectivity index (χ0) is 7.03. The van der Waals surface area contributed by atoms with Crippen LogP contribution in [0.1, 0.15) is 25.7 Å². The molecule has 58 valence electrons. The molecular formula is C7H14N2S. The van der Waals surface area contributed by atoms with Gasteiger partial charge in [0.05, 0.1) is 0 Å². The second kappa shape index (κ2) is 2.40. The molecule has 0 radical (unpaired) electrons. The number of nitrogens with zero attached hydrogens (tertiary/aromatic N) is 1. The highest BCUT2D eigenvalue weighted by atomic mass is 32.2. The smallest absolute Gasteiger partial charge is 0.0158 e. The fourth-order valence-corrected chi connectivity index (χ4v) is 2.61. The average Bonchev–Trinajstić information content (AvgIpc) is 2.29. The summed E-state index contributed by atoms with van der Waals surface area (Å²) in [5.41, 5.74) is 0.715. The first-order valence-electron chi connectivity index (χ1n) is 3.96. The van der Waals surface area contributed by atoms with Crippen molar-refractivity contribution in [3.05, 3.63) is 0 Å². The summed E-state index contributed by atoms with van der Waals surface area (Å²) in [6, 6.07) is 0. The van der Waals surface area contributed by atoms with E-state index in [4.69, 9.17) is 5.14 Å². The molecule has 0 unspecified atom stereocenters. The van der Waals surface area contributed by atoms with Crippen LogP contribution in [0.4, 0.5) is 0 Å². The molecule has 1 spiro atoms. The van der Waals surface area contributed by atoms with Crippen molar-refractivity contribution in [3.8, 4) is 0 Å². The van der Waals surface area contributed by atoms with Crippen molar-refractivity contribution in [3.63, 3.8) is 0 Å². The van der Waals surface area contributed by atoms with E-state index in [0.717, 1.165) is 0 Å². The molecule has 2 fully saturated rings. The molecule has 0 atom stereocenters. The van der Waals surface area contributed by atoms with Gasteiger partial charge in [-0.15, -0.1) is 0 Å². The van der Waals surface area contributed by atoms with Crippen LogP contribution in [0.5, 0.6) is 0 Å². The Hall–Kier alpha value is 0.270. The molecule has 3 heteroatoms. The van der Waals surface area contributed by atoms with Crippen molar-refractivity contribution in [2.24, 2.45) is 10.6 Å². The highest BCUT2D eigenvalue weighted by Crippen LogP contribution is 2.48. The van der Waals surface area contributed by atoms with Crippen LogP contribution in [0.2, 0.25) is 0 Å². The van der Waals surface area contributed by atoms with Crippen LogP contribution in [0.25, 0.3) is 0 Å². The van der Waals surface area contributed by atoms with Gasteiger partial charge in [0.25, 0.3) is 0 Å². The second-order valence-corrected chi connectivity index (χ2v) is 4.30. The van der Waals surface area contributed by atoms with Gasteiger partial charge in [0.1, 0.15) is 0 Å². The van der Waals surface area contributed by atoms with Gasteiger partial charge in [-0.1, -0.05) is 6.42 Å². The zero-order valence-corrected chi connectivity index (χ0v) is 6.99. The number of nitrogens with two attached hydrogens (primary N) is 1. The summed E-state index contributed by atoms with van der Waals surface area (Å²) >= 11 is 1.42. The molecule has 2 nitrogen and oxygen atoms in total. The van der Waals surface area contributed by atoms with Gasteiger partial charge in [-0.25, -0.2) is 4.31 Å². The van der Waals surface area contributed by atoms with Crippen LogP contribution in [0, 0.1) is 5.41 Å². The van der Waals surface area contributed by atoms with E-state index in [-0.39, 0.29) is 0 Å². The third-order valence-corrected chi connectivity index (χ3v) is 3.58. The van der Waals surface area contributed by atoms with E-state index < -0.39 is 0 Å². The number of rotatable bonds is 1. The van der Waals surface area contributed by atoms with Crippen molar-refractivity contribution in [2.45, 2.75) is 25.7 Å². The van der Waals surface area contributed by atoms with E-state index in [1.807, 2.05) is 0 Å². The lowest BCUT2D eigenvalue weighted by Crippen LogP contribution is -2.31. The minimum absolute atomic E-state index is 0.715. The maximum atomic E-state index is 5.48. The fraction of sp³-hybridized carbons (Fsp3) is 1.00. The van der Waals surface area contributed by atoms with Gasteiger partial charge in [-0.2, -0.15) is 0 Å². The summed E-state index contributed by atoms with van der Waals surface area (Å²) in [4.78, 5) is 0. The number of hydrogen-bond acceptors (Lipinski definition) is 3. The predicted molar refractivity (Wildman–Crippen MR) is 44.3 cm³/mol. The van der Waals surface area contributed by atoms with Gasteiger partial charge in [0, 0.05) is 25.2 Å². The SMILES string of the molecule is NSN1CCC2(CCC2)C1. The average molecular weight is 158 g/mol. The van der Waals surface area contributed by atoms with Crippen molar-refractivity contribution >= 4 is 12.1 Å². The van der Waals surface area contributed by atoms with Crippen molar-refractivity contribution in [2.75, 3.05) is 13.1 Å². The third-order valence-electron chi connectivity index (χ3n) is 2.97. The highest BCUT2D eigenvalue weighted by Gasteiger charge is 2.42. The van der Waals surface area contributed by atoms with E-state index in [9.17, 15) is 0 Å². The third kappa shape index (κ3) is 0.966. The zero-order valence-electron chi connectivity index (χ0n) is 6.18. The highest BCUT2D eigenvalue weighted by molar-refractivity contribution is 7.94. The molecular weight excluding hydrogens is 144 g/mol. The van der Waals surface area contributed by atoms with Gasteiger partial charge in [-0.3, -0.25) is 5.14 Å². The Morgan fingerprint density at radius 2 is 2.10 bits per heavy atom. The van der Waals surface area contributed by atoms with Crippen LogP contribution in [-0.2, 0) is 0 Å². The Balaban J connectivity index is 1.92. The van der Waals surface area contributed by atoms with Crippen molar-refractivity contribution < 1.29 is 0 Å². The lowest BCUT2D eigenvalue weighted by Gasteiger charge is -2.37. The summed E-state index contributed by atoms with van der Waals surface area (Å²) in [5, 5.41) is 5.48. The molecule has 1 saturated heterocycles. The number of hydrogen-bond donors (Lipinski definition) is 1. The van der Waals surface area contributed by atoms with Crippen LogP contribution in [0.3, 0.4) is 0 Å². The van der Waals surface area contributed by atoms with Crippen LogP contribution >= 0.6 is 12.1 Å². The Labute approximate surface area is 66.4 Å². The van der Waals surface area contributed by atoms with E-state index in [1.165, 1.54) is 50.9 Å². The molecule has 2 aliphatic rings. The predicted octanol–water partition coefficient (Wildman–Crippen LogP) is 1.38. The minimum Gasteiger partial charge on any atom is -0.264 e. The van der Waals surface area contributed by atoms with Crippen LogP contribution < -0.4 is 5.14 Å². The first-order valence-corrected chi connectivity index (χ1v) is 4.80. The maximum Gasteiger partial charge on any atom is 0.0158 e. The molecule has 0 amide bonds. The maximum absolute atomic E-state index is 5.48. The molecule has 0 aromatic rings. The quantitative estimate of drug-likeness (QED) is 0.585. The molecule has 1 aliphatic carbocycles. The Kier molecular flexibility index (Phi) is 1.66. The van der Waals surface area contributed by atoms with Gasteiger partial charge >= 0.3 is 0 Å². The lowest BCUT2D eigenvalue weighted by atomic mass is 9.68. The van der Waals surface area contributed by atoms with Gasteiger partial charge in [0.15, 0.2) is 0 Å². The first kappa shape index (κ1) is 6.95. The van der Waals surface area contributed by atoms with Crippen LogP contribution in [-0.4, -0.2) is 17.4 Å². The van der Waals surface area contributed by atoms with Gasteiger partial charge < -0.3 is 0 Å². The molecule has 0 aromatic heterocycles. The molecule has 10 heavy (non-hydrogen) atoms. The van der Waals surface area contributed by atoms with Gasteiger partial charge in [-0.05, 0) is 24.7 Å². The monoisotopic (exact) mass is 158 g/mol. The summed E-state index contributed by atoms with van der Waals surface area (Å²) in [6.45, 7) is 2.45. The Morgan fingerprint density at radius 3 is 2.40 bits per heavy atom. The Morgan fingerprint density at radius 1 is 1.30 bits per heavy atom. The van der Waals surface area contributed by atoms with Gasteiger partial charge in [0.2, 0.25) is 0 Å². The molecule has 1 aliphatic heterocycles. The van der Waals surface area contributed by atoms with E-state index >= 15 is 0 Å². The topological polar surface area (TPSA) is 29.3 Å². The van der Waals surface area contributed by atoms with E-state index in [1.54, 1.807) is 0 Å². The molecule has 1 saturated carbocycles.